The van der Waals surface area contributed by atoms with Crippen molar-refractivity contribution in [1.82, 2.24) is 0 Å². The number of benzene rings is 8. The van der Waals surface area contributed by atoms with Crippen LogP contribution in [0.1, 0.15) is 47.2 Å². The average molecular weight is 707 g/mol. The molecule has 0 bridgehead atoms. The molecule has 0 amide bonds. The number of anilines is 6. The molecule has 8 aromatic carbocycles. The maximum Gasteiger partial charge on any atom is 0.153 e. The Morgan fingerprint density at radius 1 is 0.418 bits per heavy atom. The molecule has 0 saturated heterocycles. The molecule has 0 unspecified atom stereocenters. The third-order valence-corrected chi connectivity index (χ3v) is 12.1. The molecule has 1 aliphatic carbocycles. The van der Waals surface area contributed by atoms with E-state index in [0.29, 0.717) is 0 Å². The fraction of sp³-hybridized carbons (Fsp3) is 0.0769. The van der Waals surface area contributed by atoms with Crippen molar-refractivity contribution in [1.29, 1.82) is 0 Å². The molecule has 2 aliphatic heterocycles. The Kier molecular flexibility index (Phi) is 6.81. The quantitative estimate of drug-likeness (QED) is 0.177. The van der Waals surface area contributed by atoms with Crippen LogP contribution >= 0.6 is 0 Å². The van der Waals surface area contributed by atoms with Crippen molar-refractivity contribution in [3.05, 3.63) is 228 Å². The van der Waals surface area contributed by atoms with Crippen LogP contribution in [0.15, 0.2) is 194 Å². The second-order valence-corrected chi connectivity index (χ2v) is 15.3. The standard InChI is InChI=1S/C52H38N2O/c1-51(2)43-26-14-15-27-46(43)54-47-28-16-17-29-48(47)55-49-34-39(33-45(51)50(49)54)53(37-22-10-5-11-23-37)38-30-31-41-40-24-12-13-25-42(40)52(44(41)32-38,35-18-6-3-7-19-35)36-20-8-4-9-21-36/h3-34H,1-2H3. The first-order valence-electron chi connectivity index (χ1n) is 19.1. The molecule has 3 aliphatic rings. The van der Waals surface area contributed by atoms with Crippen LogP contribution in [0, 0.1) is 0 Å². The molecule has 0 aromatic heterocycles. The van der Waals surface area contributed by atoms with Crippen LogP contribution in [0.2, 0.25) is 0 Å². The van der Waals surface area contributed by atoms with E-state index in [9.17, 15) is 0 Å². The molecule has 2 heterocycles. The smallest absolute Gasteiger partial charge is 0.153 e. The van der Waals surface area contributed by atoms with Crippen LogP contribution in [-0.4, -0.2) is 0 Å². The second kappa shape index (κ2) is 11.8. The summed E-state index contributed by atoms with van der Waals surface area (Å²) < 4.78 is 6.89. The van der Waals surface area contributed by atoms with Gasteiger partial charge in [0.15, 0.2) is 11.5 Å². The molecular weight excluding hydrogens is 669 g/mol. The highest BCUT2D eigenvalue weighted by atomic mass is 16.5. The predicted molar refractivity (Wildman–Crippen MR) is 225 cm³/mol. The molecule has 3 heteroatoms. The maximum absolute atomic E-state index is 6.89. The molecule has 262 valence electrons. The Morgan fingerprint density at radius 2 is 0.982 bits per heavy atom. The van der Waals surface area contributed by atoms with Crippen LogP contribution in [0.4, 0.5) is 34.1 Å². The van der Waals surface area contributed by atoms with Gasteiger partial charge < -0.3 is 14.5 Å². The van der Waals surface area contributed by atoms with Gasteiger partial charge in [-0.05, 0) is 93.0 Å². The molecule has 0 atom stereocenters. The van der Waals surface area contributed by atoms with Gasteiger partial charge in [-0.15, -0.1) is 0 Å². The zero-order valence-corrected chi connectivity index (χ0v) is 30.8. The minimum atomic E-state index is -0.506. The van der Waals surface area contributed by atoms with Gasteiger partial charge in [0.1, 0.15) is 0 Å². The molecule has 0 spiro atoms. The number of para-hydroxylation sites is 4. The Bertz CT molecular complexity index is 2730. The lowest BCUT2D eigenvalue weighted by molar-refractivity contribution is 0.471. The van der Waals surface area contributed by atoms with Gasteiger partial charge in [-0.1, -0.05) is 153 Å². The van der Waals surface area contributed by atoms with Gasteiger partial charge in [0.2, 0.25) is 0 Å². The third kappa shape index (κ3) is 4.44. The molecule has 11 rings (SSSR count). The largest absolute Gasteiger partial charge is 0.453 e. The van der Waals surface area contributed by atoms with Crippen molar-refractivity contribution >= 4 is 34.1 Å². The Balaban J connectivity index is 1.18. The fourth-order valence-corrected chi connectivity index (χ4v) is 9.66. The third-order valence-electron chi connectivity index (χ3n) is 12.1. The highest BCUT2D eigenvalue weighted by Gasteiger charge is 2.47. The van der Waals surface area contributed by atoms with Crippen molar-refractivity contribution in [3.63, 3.8) is 0 Å². The Morgan fingerprint density at radius 3 is 1.71 bits per heavy atom. The van der Waals surface area contributed by atoms with Crippen LogP contribution in [-0.2, 0) is 10.8 Å². The summed E-state index contributed by atoms with van der Waals surface area (Å²) in [6.45, 7) is 4.69. The SMILES string of the molecule is CC1(C)c2ccccc2N2c3ccccc3Oc3cc(N(c4ccccc4)c4ccc5c(c4)C(c4ccccc4)(c4ccccc4)c4ccccc4-5)cc1c32. The first-order valence-corrected chi connectivity index (χ1v) is 19.1. The van der Waals surface area contributed by atoms with Crippen LogP contribution in [0.3, 0.4) is 0 Å². The molecule has 55 heavy (non-hydrogen) atoms. The molecule has 0 radical (unpaired) electrons. The minimum absolute atomic E-state index is 0.291. The summed E-state index contributed by atoms with van der Waals surface area (Å²) >= 11 is 0. The van der Waals surface area contributed by atoms with Gasteiger partial charge >= 0.3 is 0 Å². The van der Waals surface area contributed by atoms with E-state index in [1.165, 1.54) is 50.2 Å². The molecule has 8 aromatic rings. The lowest BCUT2D eigenvalue weighted by Gasteiger charge is -2.45. The highest BCUT2D eigenvalue weighted by Crippen LogP contribution is 2.62. The van der Waals surface area contributed by atoms with Gasteiger partial charge in [-0.25, -0.2) is 0 Å². The van der Waals surface area contributed by atoms with E-state index in [1.807, 2.05) is 0 Å². The summed E-state index contributed by atoms with van der Waals surface area (Å²) in [5.74, 6) is 1.70. The van der Waals surface area contributed by atoms with Crippen molar-refractivity contribution in [2.24, 2.45) is 0 Å². The lowest BCUT2D eigenvalue weighted by Crippen LogP contribution is -2.32. The zero-order chi connectivity index (χ0) is 36.7. The lowest BCUT2D eigenvalue weighted by atomic mass is 9.67. The van der Waals surface area contributed by atoms with E-state index in [-0.39, 0.29) is 5.41 Å². The minimum Gasteiger partial charge on any atom is -0.453 e. The van der Waals surface area contributed by atoms with E-state index in [4.69, 9.17) is 4.74 Å². The first-order chi connectivity index (χ1) is 27.0. The zero-order valence-electron chi connectivity index (χ0n) is 30.8. The number of hydrogen-bond acceptors (Lipinski definition) is 3. The summed E-state index contributed by atoms with van der Waals surface area (Å²) in [6, 6.07) is 70.7. The van der Waals surface area contributed by atoms with Gasteiger partial charge in [0, 0.05) is 22.9 Å². The average Bonchev–Trinajstić information content (AvgIpc) is 3.54. The van der Waals surface area contributed by atoms with Gasteiger partial charge in [-0.2, -0.15) is 0 Å². The topological polar surface area (TPSA) is 15.7 Å². The molecule has 3 nitrogen and oxygen atoms in total. The number of ether oxygens (including phenoxy) is 1. The number of hydrogen-bond donors (Lipinski definition) is 0. The normalized spacial score (nSPS) is 14.8. The summed E-state index contributed by atoms with van der Waals surface area (Å²) in [4.78, 5) is 4.81. The van der Waals surface area contributed by atoms with E-state index in [2.05, 4.69) is 218 Å². The van der Waals surface area contributed by atoms with Gasteiger partial charge in [-0.3, -0.25) is 0 Å². The van der Waals surface area contributed by atoms with E-state index in [1.54, 1.807) is 0 Å². The van der Waals surface area contributed by atoms with E-state index in [0.717, 1.165) is 39.9 Å². The number of nitrogens with zero attached hydrogens (tertiary/aromatic N) is 2. The predicted octanol–water partition coefficient (Wildman–Crippen LogP) is 13.7. The number of rotatable bonds is 5. The number of fused-ring (bicyclic) bond motifs is 7. The van der Waals surface area contributed by atoms with E-state index < -0.39 is 5.41 Å². The molecule has 0 fully saturated rings. The van der Waals surface area contributed by atoms with Crippen molar-refractivity contribution < 1.29 is 4.74 Å². The monoisotopic (exact) mass is 706 g/mol. The summed E-state index contributed by atoms with van der Waals surface area (Å²) in [5.41, 5.74) is 15.9. The van der Waals surface area contributed by atoms with Crippen molar-refractivity contribution in [3.8, 4) is 22.6 Å². The Labute approximate surface area is 322 Å². The van der Waals surface area contributed by atoms with Gasteiger partial charge in [0.25, 0.3) is 0 Å². The maximum atomic E-state index is 6.89. The van der Waals surface area contributed by atoms with Crippen molar-refractivity contribution in [2.75, 3.05) is 9.80 Å². The van der Waals surface area contributed by atoms with E-state index >= 15 is 0 Å². The molecule has 0 saturated carbocycles. The van der Waals surface area contributed by atoms with Gasteiger partial charge in [0.05, 0.1) is 28.2 Å². The summed E-state index contributed by atoms with van der Waals surface area (Å²) in [5, 5.41) is 0. The van der Waals surface area contributed by atoms with Crippen LogP contribution < -0.4 is 14.5 Å². The van der Waals surface area contributed by atoms with Crippen molar-refractivity contribution in [2.45, 2.75) is 24.7 Å². The second-order valence-electron chi connectivity index (χ2n) is 15.3. The summed E-state index contributed by atoms with van der Waals surface area (Å²) in [6.07, 6.45) is 0. The van der Waals surface area contributed by atoms with Crippen LogP contribution in [0.25, 0.3) is 11.1 Å². The Hall–Kier alpha value is -6.84. The van der Waals surface area contributed by atoms with Crippen LogP contribution in [0.5, 0.6) is 11.5 Å². The summed E-state index contributed by atoms with van der Waals surface area (Å²) in [7, 11) is 0. The fourth-order valence-electron chi connectivity index (χ4n) is 9.66. The first kappa shape index (κ1) is 31.7. The highest BCUT2D eigenvalue weighted by molar-refractivity contribution is 5.96. The molecular formula is C52H38N2O. The molecule has 0 N–H and O–H groups in total.